The largest absolute Gasteiger partial charge is 0.390 e. The molecule has 1 saturated heterocycles. The highest BCUT2D eigenvalue weighted by atomic mass is 19.3. The van der Waals surface area contributed by atoms with Gasteiger partial charge < -0.3 is 20.7 Å². The SMILES string of the molecule is Nc1ncnc2c1ncn2[C@H]1C[C@H](O)[C@@H](C(O)C(F)F)O1. The summed E-state index contributed by atoms with van der Waals surface area (Å²) >= 11 is 0. The molecule has 21 heavy (non-hydrogen) atoms. The Hall–Kier alpha value is -1.91. The zero-order valence-corrected chi connectivity index (χ0v) is 10.7. The molecule has 0 spiro atoms. The number of nitrogens with zero attached hydrogens (tertiary/aromatic N) is 4. The van der Waals surface area contributed by atoms with Gasteiger partial charge in [0.25, 0.3) is 6.43 Å². The number of rotatable bonds is 3. The molecule has 2 aromatic heterocycles. The van der Waals surface area contributed by atoms with Gasteiger partial charge in [-0.1, -0.05) is 0 Å². The minimum atomic E-state index is -3.00. The van der Waals surface area contributed by atoms with Crippen LogP contribution in [0.3, 0.4) is 0 Å². The summed E-state index contributed by atoms with van der Waals surface area (Å²) in [7, 11) is 0. The lowest BCUT2D eigenvalue weighted by Gasteiger charge is -2.20. The molecule has 1 unspecified atom stereocenters. The van der Waals surface area contributed by atoms with E-state index in [9.17, 15) is 19.0 Å². The van der Waals surface area contributed by atoms with E-state index in [0.29, 0.717) is 11.2 Å². The number of aromatic nitrogens is 4. The molecule has 10 heteroatoms. The molecule has 3 heterocycles. The van der Waals surface area contributed by atoms with Crippen LogP contribution in [0.2, 0.25) is 0 Å². The highest BCUT2D eigenvalue weighted by Gasteiger charge is 2.43. The smallest absolute Gasteiger partial charge is 0.266 e. The monoisotopic (exact) mass is 301 g/mol. The summed E-state index contributed by atoms with van der Waals surface area (Å²) in [5.74, 6) is 0.182. The van der Waals surface area contributed by atoms with E-state index in [2.05, 4.69) is 15.0 Å². The van der Waals surface area contributed by atoms with E-state index < -0.39 is 31.0 Å². The topological polar surface area (TPSA) is 119 Å². The molecule has 1 aliphatic heterocycles. The standard InChI is InChI=1S/C11H13F2N5O3/c12-9(13)7(20)8-4(19)1-5(21-8)18-3-17-6-10(14)15-2-16-11(6)18/h2-5,7-9,19-20H,1H2,(H2,14,15,16)/t4-,5+,7?,8-/m0/s1. The Kier molecular flexibility index (Phi) is 3.43. The van der Waals surface area contributed by atoms with Gasteiger partial charge in [0.05, 0.1) is 12.4 Å². The fourth-order valence-electron chi connectivity index (χ4n) is 2.38. The van der Waals surface area contributed by atoms with Gasteiger partial charge in [0.1, 0.15) is 30.3 Å². The van der Waals surface area contributed by atoms with Crippen molar-refractivity contribution in [2.75, 3.05) is 5.73 Å². The molecule has 4 atom stereocenters. The van der Waals surface area contributed by atoms with Crippen molar-refractivity contribution in [1.29, 1.82) is 0 Å². The highest BCUT2D eigenvalue weighted by molar-refractivity contribution is 5.81. The van der Waals surface area contributed by atoms with E-state index >= 15 is 0 Å². The van der Waals surface area contributed by atoms with Crippen LogP contribution in [0.25, 0.3) is 11.2 Å². The Morgan fingerprint density at radius 3 is 2.86 bits per heavy atom. The Balaban J connectivity index is 1.89. The first kappa shape index (κ1) is 14.0. The van der Waals surface area contributed by atoms with Gasteiger partial charge in [-0.2, -0.15) is 0 Å². The number of hydrogen-bond donors (Lipinski definition) is 3. The molecular weight excluding hydrogens is 288 g/mol. The maximum atomic E-state index is 12.5. The number of alkyl halides is 2. The Labute approximate surface area is 117 Å². The van der Waals surface area contributed by atoms with Crippen molar-refractivity contribution in [3.05, 3.63) is 12.7 Å². The van der Waals surface area contributed by atoms with Crippen LogP contribution >= 0.6 is 0 Å². The Morgan fingerprint density at radius 1 is 1.38 bits per heavy atom. The summed E-state index contributed by atoms with van der Waals surface area (Å²) in [5.41, 5.74) is 6.38. The van der Waals surface area contributed by atoms with E-state index in [1.807, 2.05) is 0 Å². The lowest BCUT2D eigenvalue weighted by atomic mass is 10.1. The van der Waals surface area contributed by atoms with Crippen molar-refractivity contribution in [2.45, 2.75) is 37.4 Å². The van der Waals surface area contributed by atoms with Crippen molar-refractivity contribution >= 4 is 17.0 Å². The third-order valence-corrected chi connectivity index (χ3v) is 3.43. The predicted molar refractivity (Wildman–Crippen MR) is 66.3 cm³/mol. The van der Waals surface area contributed by atoms with Crippen molar-refractivity contribution in [3.63, 3.8) is 0 Å². The van der Waals surface area contributed by atoms with Crippen molar-refractivity contribution in [3.8, 4) is 0 Å². The van der Waals surface area contributed by atoms with E-state index in [0.717, 1.165) is 0 Å². The molecule has 2 aromatic rings. The second-order valence-corrected chi connectivity index (χ2v) is 4.77. The number of imidazole rings is 1. The first-order valence-corrected chi connectivity index (χ1v) is 6.21. The van der Waals surface area contributed by atoms with Crippen molar-refractivity contribution in [2.24, 2.45) is 0 Å². The minimum absolute atomic E-state index is 0.0316. The predicted octanol–water partition coefficient (Wildman–Crippen LogP) is -0.317. The second kappa shape index (κ2) is 5.13. The summed E-state index contributed by atoms with van der Waals surface area (Å²) in [6.45, 7) is 0. The van der Waals surface area contributed by atoms with Gasteiger partial charge in [-0.15, -0.1) is 0 Å². The molecule has 1 fully saturated rings. The van der Waals surface area contributed by atoms with Crippen LogP contribution in [0, 0.1) is 0 Å². The average molecular weight is 301 g/mol. The van der Waals surface area contributed by atoms with Crippen LogP contribution in [0.15, 0.2) is 12.7 Å². The zero-order valence-electron chi connectivity index (χ0n) is 10.7. The first-order chi connectivity index (χ1) is 9.99. The van der Waals surface area contributed by atoms with E-state index in [4.69, 9.17) is 10.5 Å². The normalized spacial score (nSPS) is 27.6. The van der Waals surface area contributed by atoms with Gasteiger partial charge in [-0.05, 0) is 0 Å². The van der Waals surface area contributed by atoms with Gasteiger partial charge in [0, 0.05) is 6.42 Å². The lowest BCUT2D eigenvalue weighted by molar-refractivity contribution is -0.129. The molecule has 0 bridgehead atoms. The molecule has 114 valence electrons. The van der Waals surface area contributed by atoms with Crippen LogP contribution in [-0.4, -0.2) is 54.5 Å². The van der Waals surface area contributed by atoms with Gasteiger partial charge in [0.2, 0.25) is 0 Å². The third-order valence-electron chi connectivity index (χ3n) is 3.43. The van der Waals surface area contributed by atoms with Crippen molar-refractivity contribution in [1.82, 2.24) is 19.5 Å². The van der Waals surface area contributed by atoms with Crippen molar-refractivity contribution < 1.29 is 23.7 Å². The summed E-state index contributed by atoms with van der Waals surface area (Å²) < 4.78 is 31.9. The molecule has 0 aliphatic carbocycles. The molecule has 0 amide bonds. The molecular formula is C11H13F2N5O3. The number of nitrogen functional groups attached to an aromatic ring is 1. The van der Waals surface area contributed by atoms with Gasteiger partial charge >= 0.3 is 0 Å². The average Bonchev–Trinajstić information content (AvgIpc) is 3.02. The lowest BCUT2D eigenvalue weighted by Crippen LogP contribution is -2.39. The van der Waals surface area contributed by atoms with Gasteiger partial charge in [-0.3, -0.25) is 4.57 Å². The molecule has 1 aliphatic rings. The van der Waals surface area contributed by atoms with Crippen LogP contribution in [-0.2, 0) is 4.74 Å². The third kappa shape index (κ3) is 2.30. The number of aliphatic hydroxyl groups excluding tert-OH is 2. The number of halogens is 2. The Morgan fingerprint density at radius 2 is 2.14 bits per heavy atom. The highest BCUT2D eigenvalue weighted by Crippen LogP contribution is 2.33. The molecule has 0 aromatic carbocycles. The van der Waals surface area contributed by atoms with E-state index in [1.54, 1.807) is 0 Å². The number of anilines is 1. The number of hydrogen-bond acceptors (Lipinski definition) is 7. The van der Waals surface area contributed by atoms with E-state index in [1.165, 1.54) is 17.2 Å². The van der Waals surface area contributed by atoms with Crippen LogP contribution in [0.4, 0.5) is 14.6 Å². The number of nitrogens with two attached hydrogens (primary N) is 1. The van der Waals surface area contributed by atoms with E-state index in [-0.39, 0.29) is 12.2 Å². The molecule has 8 nitrogen and oxygen atoms in total. The van der Waals surface area contributed by atoms with Gasteiger partial charge in [0.15, 0.2) is 11.5 Å². The number of aliphatic hydroxyl groups is 2. The summed E-state index contributed by atoms with van der Waals surface area (Å²) in [6.07, 6.45) is -5.75. The zero-order chi connectivity index (χ0) is 15.1. The fourth-order valence-corrected chi connectivity index (χ4v) is 2.38. The minimum Gasteiger partial charge on any atom is -0.390 e. The number of ether oxygens (including phenoxy) is 1. The first-order valence-electron chi connectivity index (χ1n) is 6.21. The molecule has 0 saturated carbocycles. The van der Waals surface area contributed by atoms with Gasteiger partial charge in [-0.25, -0.2) is 23.7 Å². The molecule has 3 rings (SSSR count). The number of fused-ring (bicyclic) bond motifs is 1. The van der Waals surface area contributed by atoms with Crippen LogP contribution in [0.1, 0.15) is 12.6 Å². The molecule has 4 N–H and O–H groups in total. The van der Waals surface area contributed by atoms with Crippen LogP contribution < -0.4 is 5.73 Å². The summed E-state index contributed by atoms with van der Waals surface area (Å²) in [5, 5.41) is 19.2. The van der Waals surface area contributed by atoms with Crippen LogP contribution in [0.5, 0.6) is 0 Å². The second-order valence-electron chi connectivity index (χ2n) is 4.77. The molecule has 0 radical (unpaired) electrons. The summed E-state index contributed by atoms with van der Waals surface area (Å²) in [4.78, 5) is 11.8. The summed E-state index contributed by atoms with van der Waals surface area (Å²) in [6, 6.07) is 0. The Bertz CT molecular complexity index is 652. The maximum Gasteiger partial charge on any atom is 0.266 e. The maximum absolute atomic E-state index is 12.5. The fraction of sp³-hybridized carbons (Fsp3) is 0.545. The quantitative estimate of drug-likeness (QED) is 0.711.